The maximum atomic E-state index is 2.49. The molecule has 72 valence electrons. The van der Waals surface area contributed by atoms with Crippen LogP contribution in [0.5, 0.6) is 0 Å². The summed E-state index contributed by atoms with van der Waals surface area (Å²) in [5.74, 6) is 1.02. The topological polar surface area (TPSA) is 3.24 Å². The van der Waals surface area contributed by atoms with E-state index in [0.29, 0.717) is 0 Å². The number of likely N-dealkylation sites (tertiary alicyclic amines) is 1. The van der Waals surface area contributed by atoms with Crippen LogP contribution in [0.1, 0.15) is 46.0 Å². The van der Waals surface area contributed by atoms with Crippen molar-refractivity contribution in [3.63, 3.8) is 0 Å². The SMILES string of the molecule is CCCCC1CCN(C)C(C)C1. The molecular weight excluding hydrogens is 146 g/mol. The molecule has 2 unspecified atom stereocenters. The molecule has 1 aliphatic rings. The number of hydrogen-bond acceptors (Lipinski definition) is 1. The van der Waals surface area contributed by atoms with Crippen molar-refractivity contribution in [2.24, 2.45) is 5.92 Å². The number of nitrogens with zero attached hydrogens (tertiary/aromatic N) is 1. The van der Waals surface area contributed by atoms with Gasteiger partial charge in [0.2, 0.25) is 0 Å². The summed E-state index contributed by atoms with van der Waals surface area (Å²) >= 11 is 0. The largest absolute Gasteiger partial charge is 0.304 e. The minimum atomic E-state index is 0.820. The zero-order chi connectivity index (χ0) is 8.97. The van der Waals surface area contributed by atoms with Crippen LogP contribution in [0.4, 0.5) is 0 Å². The van der Waals surface area contributed by atoms with E-state index >= 15 is 0 Å². The summed E-state index contributed by atoms with van der Waals surface area (Å²) in [7, 11) is 2.25. The van der Waals surface area contributed by atoms with Crippen molar-refractivity contribution < 1.29 is 0 Å². The molecule has 1 heteroatoms. The lowest BCUT2D eigenvalue weighted by molar-refractivity contribution is 0.147. The van der Waals surface area contributed by atoms with Crippen LogP contribution < -0.4 is 0 Å². The standard InChI is InChI=1S/C11H23N/c1-4-5-6-11-7-8-12(3)10(2)9-11/h10-11H,4-9H2,1-3H3. The van der Waals surface area contributed by atoms with Gasteiger partial charge in [0.1, 0.15) is 0 Å². The predicted molar refractivity (Wildman–Crippen MR) is 54.3 cm³/mol. The molecule has 0 aromatic carbocycles. The highest BCUT2D eigenvalue weighted by Gasteiger charge is 2.21. The van der Waals surface area contributed by atoms with Gasteiger partial charge in [0, 0.05) is 6.04 Å². The lowest BCUT2D eigenvalue weighted by Crippen LogP contribution is -2.37. The number of unbranched alkanes of at least 4 members (excludes halogenated alkanes) is 1. The molecule has 1 nitrogen and oxygen atoms in total. The molecule has 1 heterocycles. The fraction of sp³-hybridized carbons (Fsp3) is 1.00. The Labute approximate surface area is 77.1 Å². The fourth-order valence-electron chi connectivity index (χ4n) is 2.14. The minimum absolute atomic E-state index is 0.820. The van der Waals surface area contributed by atoms with E-state index in [1.165, 1.54) is 38.6 Å². The van der Waals surface area contributed by atoms with E-state index in [1.54, 1.807) is 0 Å². The van der Waals surface area contributed by atoms with E-state index < -0.39 is 0 Å². The van der Waals surface area contributed by atoms with Crippen LogP contribution in [0.15, 0.2) is 0 Å². The number of piperidine rings is 1. The predicted octanol–water partition coefficient (Wildman–Crippen LogP) is 2.91. The number of rotatable bonds is 3. The molecule has 0 aromatic heterocycles. The zero-order valence-electron chi connectivity index (χ0n) is 8.84. The van der Waals surface area contributed by atoms with Crippen molar-refractivity contribution >= 4 is 0 Å². The Bertz CT molecular complexity index is 120. The third-order valence-electron chi connectivity index (χ3n) is 3.28. The first-order valence-electron chi connectivity index (χ1n) is 5.44. The highest BCUT2D eigenvalue weighted by Crippen LogP contribution is 2.25. The number of hydrogen-bond donors (Lipinski definition) is 0. The van der Waals surface area contributed by atoms with Crippen molar-refractivity contribution in [3.05, 3.63) is 0 Å². The van der Waals surface area contributed by atoms with Crippen LogP contribution in [-0.4, -0.2) is 24.5 Å². The molecule has 0 spiro atoms. The lowest BCUT2D eigenvalue weighted by atomic mass is 9.88. The van der Waals surface area contributed by atoms with Crippen LogP contribution in [0.25, 0.3) is 0 Å². The third-order valence-corrected chi connectivity index (χ3v) is 3.28. The molecule has 0 aromatic rings. The maximum Gasteiger partial charge on any atom is 0.00665 e. The highest BCUT2D eigenvalue weighted by molar-refractivity contribution is 4.76. The molecule has 0 amide bonds. The Kier molecular flexibility index (Phi) is 4.07. The Hall–Kier alpha value is -0.0400. The van der Waals surface area contributed by atoms with Crippen molar-refractivity contribution in [2.45, 2.75) is 52.0 Å². The van der Waals surface area contributed by atoms with E-state index in [0.717, 1.165) is 12.0 Å². The second-order valence-corrected chi connectivity index (χ2v) is 4.36. The Balaban J connectivity index is 2.21. The second-order valence-electron chi connectivity index (χ2n) is 4.36. The van der Waals surface area contributed by atoms with Gasteiger partial charge in [-0.2, -0.15) is 0 Å². The molecule has 1 fully saturated rings. The average molecular weight is 169 g/mol. The van der Waals surface area contributed by atoms with E-state index in [9.17, 15) is 0 Å². The zero-order valence-corrected chi connectivity index (χ0v) is 8.84. The molecule has 0 aliphatic carbocycles. The van der Waals surface area contributed by atoms with Crippen LogP contribution in [-0.2, 0) is 0 Å². The molecule has 1 saturated heterocycles. The third kappa shape index (κ3) is 2.78. The quantitative estimate of drug-likeness (QED) is 0.628. The first kappa shape index (κ1) is 10.0. The van der Waals surface area contributed by atoms with E-state index in [-0.39, 0.29) is 0 Å². The van der Waals surface area contributed by atoms with Gasteiger partial charge in [0.25, 0.3) is 0 Å². The Morgan fingerprint density at radius 2 is 2.17 bits per heavy atom. The van der Waals surface area contributed by atoms with Crippen molar-refractivity contribution in [1.82, 2.24) is 4.90 Å². The van der Waals surface area contributed by atoms with Crippen molar-refractivity contribution in [1.29, 1.82) is 0 Å². The van der Waals surface area contributed by atoms with E-state index in [4.69, 9.17) is 0 Å². The van der Waals surface area contributed by atoms with Crippen LogP contribution in [0, 0.1) is 5.92 Å². The molecule has 0 bridgehead atoms. The van der Waals surface area contributed by atoms with Gasteiger partial charge in [0.15, 0.2) is 0 Å². The average Bonchev–Trinajstić information content (AvgIpc) is 2.07. The Morgan fingerprint density at radius 1 is 1.42 bits per heavy atom. The van der Waals surface area contributed by atoms with Crippen molar-refractivity contribution in [2.75, 3.05) is 13.6 Å². The maximum absolute atomic E-state index is 2.49. The molecule has 2 atom stereocenters. The van der Waals surface area contributed by atoms with E-state index in [2.05, 4.69) is 25.8 Å². The molecule has 12 heavy (non-hydrogen) atoms. The normalized spacial score (nSPS) is 32.2. The molecule has 0 radical (unpaired) electrons. The monoisotopic (exact) mass is 169 g/mol. The smallest absolute Gasteiger partial charge is 0.00665 e. The Morgan fingerprint density at radius 3 is 2.75 bits per heavy atom. The van der Waals surface area contributed by atoms with E-state index in [1.807, 2.05) is 0 Å². The van der Waals surface area contributed by atoms with Crippen LogP contribution in [0.2, 0.25) is 0 Å². The molecular formula is C11H23N. The van der Waals surface area contributed by atoms with Crippen LogP contribution in [0.3, 0.4) is 0 Å². The summed E-state index contributed by atoms with van der Waals surface area (Å²) in [4.78, 5) is 2.49. The second kappa shape index (κ2) is 4.86. The molecule has 1 rings (SSSR count). The van der Waals surface area contributed by atoms with Crippen LogP contribution >= 0.6 is 0 Å². The molecule has 1 aliphatic heterocycles. The van der Waals surface area contributed by atoms with Gasteiger partial charge < -0.3 is 4.90 Å². The summed E-state index contributed by atoms with van der Waals surface area (Å²) in [6.07, 6.45) is 7.12. The van der Waals surface area contributed by atoms with Crippen molar-refractivity contribution in [3.8, 4) is 0 Å². The highest BCUT2D eigenvalue weighted by atomic mass is 15.1. The molecule has 0 saturated carbocycles. The van der Waals surface area contributed by atoms with Gasteiger partial charge in [0.05, 0.1) is 0 Å². The van der Waals surface area contributed by atoms with Gasteiger partial charge in [-0.25, -0.2) is 0 Å². The van der Waals surface area contributed by atoms with Gasteiger partial charge in [-0.1, -0.05) is 26.2 Å². The summed E-state index contributed by atoms with van der Waals surface area (Å²) in [5.41, 5.74) is 0. The first-order chi connectivity index (χ1) is 5.74. The fourth-order valence-corrected chi connectivity index (χ4v) is 2.14. The van der Waals surface area contributed by atoms with Gasteiger partial charge in [-0.05, 0) is 39.3 Å². The first-order valence-corrected chi connectivity index (χ1v) is 5.44. The summed E-state index contributed by atoms with van der Waals surface area (Å²) in [6, 6.07) is 0.820. The van der Waals surface area contributed by atoms with Gasteiger partial charge in [-0.3, -0.25) is 0 Å². The van der Waals surface area contributed by atoms with Gasteiger partial charge >= 0.3 is 0 Å². The molecule has 0 N–H and O–H groups in total. The summed E-state index contributed by atoms with van der Waals surface area (Å²) in [5, 5.41) is 0. The lowest BCUT2D eigenvalue weighted by Gasteiger charge is -2.35. The summed E-state index contributed by atoms with van der Waals surface area (Å²) < 4.78 is 0. The van der Waals surface area contributed by atoms with Gasteiger partial charge in [-0.15, -0.1) is 0 Å². The minimum Gasteiger partial charge on any atom is -0.304 e. The summed E-state index contributed by atoms with van der Waals surface area (Å²) in [6.45, 7) is 5.96.